The van der Waals surface area contributed by atoms with Gasteiger partial charge in [0.2, 0.25) is 0 Å². The van der Waals surface area contributed by atoms with Crippen LogP contribution in [0.5, 0.6) is 0 Å². The smallest absolute Gasteiger partial charge is 0.380 e. The van der Waals surface area contributed by atoms with Crippen molar-refractivity contribution in [1.82, 2.24) is 25.6 Å². The number of carbonyl (C=O) groups excluding carboxylic acids is 2. The molecule has 1 aliphatic rings. The summed E-state index contributed by atoms with van der Waals surface area (Å²) in [6.45, 7) is 3.65. The first kappa shape index (κ1) is 27.2. The van der Waals surface area contributed by atoms with Crippen molar-refractivity contribution in [3.8, 4) is 5.69 Å². The first-order valence-electron chi connectivity index (χ1n) is 12.8. The van der Waals surface area contributed by atoms with Crippen molar-refractivity contribution in [1.29, 1.82) is 0 Å². The Labute approximate surface area is 227 Å². The van der Waals surface area contributed by atoms with Gasteiger partial charge in [-0.25, -0.2) is 4.68 Å². The van der Waals surface area contributed by atoms with Gasteiger partial charge in [0.15, 0.2) is 17.1 Å². The van der Waals surface area contributed by atoms with Gasteiger partial charge in [-0.3, -0.25) is 9.59 Å². The number of Topliss-reactive ketones (excluding diaryl/α,β-unsaturated/α-hetero) is 1. The fraction of sp³-hybridized carbons (Fsp3) is 0.333. The summed E-state index contributed by atoms with van der Waals surface area (Å²) in [6.07, 6.45) is -3.53. The second-order valence-corrected chi connectivity index (χ2v) is 9.74. The lowest BCUT2D eigenvalue weighted by molar-refractivity contribution is -0.141. The Morgan fingerprint density at radius 1 is 1.12 bits per heavy atom. The van der Waals surface area contributed by atoms with Crippen molar-refractivity contribution in [3.05, 3.63) is 65.5 Å². The maximum absolute atomic E-state index is 13.6. The number of alkyl halides is 3. The van der Waals surface area contributed by atoms with Crippen LogP contribution in [-0.4, -0.2) is 52.3 Å². The first-order valence-corrected chi connectivity index (χ1v) is 12.8. The molecule has 0 saturated carbocycles. The number of aromatic nitrogens is 3. The Bertz CT molecular complexity index is 1540. The van der Waals surface area contributed by atoms with Crippen LogP contribution in [0.25, 0.3) is 16.7 Å². The maximum Gasteiger partial charge on any atom is 0.435 e. The third-order valence-electron chi connectivity index (χ3n) is 6.81. The Hall–Kier alpha value is -4.39. The van der Waals surface area contributed by atoms with Crippen LogP contribution in [0.2, 0.25) is 0 Å². The Morgan fingerprint density at radius 2 is 1.88 bits per heavy atom. The maximum atomic E-state index is 13.6. The summed E-state index contributed by atoms with van der Waals surface area (Å²) in [4.78, 5) is 26.7. The van der Waals surface area contributed by atoms with Crippen LogP contribution in [0.15, 0.2) is 53.1 Å². The number of rotatable bonds is 8. The van der Waals surface area contributed by atoms with Gasteiger partial charge in [0.1, 0.15) is 11.5 Å². The molecule has 2 aromatic carbocycles. The van der Waals surface area contributed by atoms with Crippen LogP contribution in [0.3, 0.4) is 0 Å². The summed E-state index contributed by atoms with van der Waals surface area (Å²) < 4.78 is 46.7. The van der Waals surface area contributed by atoms with E-state index in [9.17, 15) is 22.8 Å². The molecule has 1 amide bonds. The number of nitrogens with one attached hydrogen (secondary N) is 2. The van der Waals surface area contributed by atoms with E-state index >= 15 is 0 Å². The van der Waals surface area contributed by atoms with E-state index in [1.807, 2.05) is 24.3 Å². The van der Waals surface area contributed by atoms with Gasteiger partial charge in [0.25, 0.3) is 5.91 Å². The molecule has 2 aromatic heterocycles. The van der Waals surface area contributed by atoms with Gasteiger partial charge in [-0.05, 0) is 49.6 Å². The lowest BCUT2D eigenvalue weighted by Crippen LogP contribution is -2.45. The normalized spacial score (nSPS) is 14.6. The van der Waals surface area contributed by atoms with Crippen molar-refractivity contribution >= 4 is 34.2 Å². The summed E-state index contributed by atoms with van der Waals surface area (Å²) >= 11 is 0. The van der Waals surface area contributed by atoms with E-state index < -0.39 is 17.8 Å². The molecule has 1 fully saturated rings. The molecule has 10 nitrogen and oxygen atoms in total. The highest BCUT2D eigenvalue weighted by Gasteiger charge is 2.36. The van der Waals surface area contributed by atoms with E-state index in [2.05, 4.69) is 25.8 Å². The average Bonchev–Trinajstić information content (AvgIpc) is 3.54. The minimum atomic E-state index is -4.74. The summed E-state index contributed by atoms with van der Waals surface area (Å²) in [5.41, 5.74) is 7.05. The van der Waals surface area contributed by atoms with Crippen molar-refractivity contribution in [2.45, 2.75) is 38.5 Å². The van der Waals surface area contributed by atoms with Crippen molar-refractivity contribution in [2.75, 3.05) is 30.3 Å². The molecule has 1 aliphatic heterocycles. The first-order chi connectivity index (χ1) is 19.1. The zero-order valence-corrected chi connectivity index (χ0v) is 21.7. The number of amides is 1. The van der Waals surface area contributed by atoms with E-state index in [0.717, 1.165) is 22.0 Å². The van der Waals surface area contributed by atoms with Crippen molar-refractivity contribution < 1.29 is 27.3 Å². The van der Waals surface area contributed by atoms with Crippen LogP contribution in [0, 0.1) is 0 Å². The monoisotopic (exact) mass is 555 g/mol. The Morgan fingerprint density at radius 3 is 2.60 bits per heavy atom. The molecule has 4 aromatic rings. The zero-order valence-electron chi connectivity index (χ0n) is 21.7. The Kier molecular flexibility index (Phi) is 7.48. The predicted molar refractivity (Wildman–Crippen MR) is 142 cm³/mol. The molecule has 1 saturated heterocycles. The second kappa shape index (κ2) is 11.0. The second-order valence-electron chi connectivity index (χ2n) is 9.74. The number of fused-ring (bicyclic) bond motifs is 1. The van der Waals surface area contributed by atoms with E-state index in [4.69, 9.17) is 10.3 Å². The molecule has 5 rings (SSSR count). The molecular weight excluding hydrogens is 527 g/mol. The van der Waals surface area contributed by atoms with Gasteiger partial charge in [-0.15, -0.1) is 0 Å². The van der Waals surface area contributed by atoms with Crippen LogP contribution in [-0.2, 0) is 17.5 Å². The number of hydrogen-bond acceptors (Lipinski definition) is 8. The van der Waals surface area contributed by atoms with E-state index in [1.165, 1.54) is 25.1 Å². The van der Waals surface area contributed by atoms with E-state index in [-0.39, 0.29) is 35.6 Å². The zero-order chi connectivity index (χ0) is 28.4. The van der Waals surface area contributed by atoms with Gasteiger partial charge in [-0.1, -0.05) is 23.4 Å². The number of halogens is 3. The van der Waals surface area contributed by atoms with Crippen molar-refractivity contribution in [3.63, 3.8) is 0 Å². The summed E-state index contributed by atoms with van der Waals surface area (Å²) in [5, 5.41) is 13.8. The molecule has 40 heavy (non-hydrogen) atoms. The SMILES string of the molecule is CC(=O)CNCc1ccccc1N1CCC(NC(=O)c2cc(C(F)(F)F)nn2-c2ccc3onc(N)c3c2)CC1. The summed E-state index contributed by atoms with van der Waals surface area (Å²) in [7, 11) is 0. The van der Waals surface area contributed by atoms with Crippen molar-refractivity contribution in [2.24, 2.45) is 0 Å². The molecule has 0 radical (unpaired) electrons. The van der Waals surface area contributed by atoms with Crippen LogP contribution < -0.4 is 21.3 Å². The number of nitrogens with zero attached hydrogens (tertiary/aromatic N) is 4. The quantitative estimate of drug-likeness (QED) is 0.300. The highest BCUT2D eigenvalue weighted by atomic mass is 19.4. The topological polar surface area (TPSA) is 131 Å². The number of nitrogens with two attached hydrogens (primary N) is 1. The molecule has 0 bridgehead atoms. The van der Waals surface area contributed by atoms with Gasteiger partial charge < -0.3 is 25.8 Å². The minimum absolute atomic E-state index is 0.0564. The van der Waals surface area contributed by atoms with E-state index in [0.29, 0.717) is 43.4 Å². The number of ketones is 1. The lowest BCUT2D eigenvalue weighted by Gasteiger charge is -2.35. The average molecular weight is 556 g/mol. The molecule has 3 heterocycles. The van der Waals surface area contributed by atoms with Crippen LogP contribution in [0.1, 0.15) is 41.5 Å². The highest BCUT2D eigenvalue weighted by Crippen LogP contribution is 2.31. The van der Waals surface area contributed by atoms with Crippen LogP contribution in [0.4, 0.5) is 24.7 Å². The standard InChI is InChI=1S/C27H28F3N7O3/c1-16(38)14-32-15-17-4-2-3-5-21(17)36-10-8-18(9-11-36)33-26(39)22-13-24(27(28,29)30)34-37(22)19-6-7-23-20(12-19)25(31)35-40-23/h2-7,12-13,18,32H,8-11,14-15H2,1H3,(H2,31,35)(H,33,39). The molecule has 0 atom stereocenters. The number of piperidine rings is 1. The third-order valence-corrected chi connectivity index (χ3v) is 6.81. The van der Waals surface area contributed by atoms with Gasteiger partial charge >= 0.3 is 6.18 Å². The fourth-order valence-electron chi connectivity index (χ4n) is 4.82. The predicted octanol–water partition coefficient (Wildman–Crippen LogP) is 3.69. The summed E-state index contributed by atoms with van der Waals surface area (Å²) in [6, 6.07) is 12.9. The number of carbonyl (C=O) groups is 2. The van der Waals surface area contributed by atoms with Gasteiger partial charge in [-0.2, -0.15) is 18.3 Å². The summed E-state index contributed by atoms with van der Waals surface area (Å²) in [5.74, 6) is -0.524. The van der Waals surface area contributed by atoms with Gasteiger partial charge in [0, 0.05) is 37.4 Å². The van der Waals surface area contributed by atoms with Crippen LogP contribution >= 0.6 is 0 Å². The highest BCUT2D eigenvalue weighted by molar-refractivity contribution is 5.94. The number of benzene rings is 2. The number of nitrogen functional groups attached to an aromatic ring is 1. The molecular formula is C27H28F3N7O3. The number of para-hydroxylation sites is 1. The largest absolute Gasteiger partial charge is 0.435 e. The van der Waals surface area contributed by atoms with Gasteiger partial charge in [0.05, 0.1) is 17.6 Å². The molecule has 0 aliphatic carbocycles. The third kappa shape index (κ3) is 5.78. The number of hydrogen-bond donors (Lipinski definition) is 3. The molecule has 4 N–H and O–H groups in total. The Balaban J connectivity index is 1.30. The van der Waals surface area contributed by atoms with E-state index in [1.54, 1.807) is 0 Å². The fourth-order valence-corrected chi connectivity index (χ4v) is 4.82. The molecule has 13 heteroatoms. The molecule has 0 unspecified atom stereocenters. The minimum Gasteiger partial charge on any atom is -0.380 e. The molecule has 210 valence electrons. The molecule has 0 spiro atoms. The number of anilines is 2. The lowest BCUT2D eigenvalue weighted by atomic mass is 10.0.